The van der Waals surface area contributed by atoms with Crippen LogP contribution in [0.4, 0.5) is 0 Å². The van der Waals surface area contributed by atoms with Crippen LogP contribution in [0.1, 0.15) is 27.7 Å². The highest BCUT2D eigenvalue weighted by molar-refractivity contribution is 5.54. The lowest BCUT2D eigenvalue weighted by molar-refractivity contribution is 1.50. The number of hydrogen-bond acceptors (Lipinski definition) is 0. The van der Waals surface area contributed by atoms with E-state index < -0.39 is 0 Å². The number of allylic oxidation sites excluding steroid dienone is 10. The normalized spacial score (nSPS) is 15.1. The second kappa shape index (κ2) is 8.31. The summed E-state index contributed by atoms with van der Waals surface area (Å²) in [6, 6.07) is 0. The van der Waals surface area contributed by atoms with Crippen LogP contribution in [0, 0.1) is 0 Å². The Labute approximate surface area is 88.0 Å². The van der Waals surface area contributed by atoms with E-state index in [9.17, 15) is 0 Å². The van der Waals surface area contributed by atoms with Crippen LogP contribution >= 0.6 is 0 Å². The molecule has 0 saturated carbocycles. The van der Waals surface area contributed by atoms with E-state index in [1.54, 1.807) is 0 Å². The fraction of sp³-hybridized carbons (Fsp3) is 0.286. The first-order valence-electron chi connectivity index (χ1n) is 5.40. The zero-order valence-electron chi connectivity index (χ0n) is 9.62. The first-order chi connectivity index (χ1) is 6.97. The molecule has 0 radical (unpaired) electrons. The largest absolute Gasteiger partial charge is 0.0683 e. The topological polar surface area (TPSA) is 0 Å². The number of rotatable bonds is 0. The van der Waals surface area contributed by atoms with E-state index in [0.717, 1.165) is 0 Å². The van der Waals surface area contributed by atoms with Crippen molar-refractivity contribution < 1.29 is 0 Å². The van der Waals surface area contributed by atoms with Gasteiger partial charge in [-0.3, -0.25) is 0 Å². The molecule has 0 heterocycles. The van der Waals surface area contributed by atoms with Crippen LogP contribution in [-0.4, -0.2) is 0 Å². The van der Waals surface area contributed by atoms with Crippen LogP contribution in [0.25, 0.3) is 0 Å². The average Bonchev–Trinajstić information content (AvgIpc) is 2.96. The van der Waals surface area contributed by atoms with Crippen LogP contribution < -0.4 is 0 Å². The summed E-state index contributed by atoms with van der Waals surface area (Å²) in [5, 5.41) is 0. The smallest absolute Gasteiger partial charge is 0.0184 e. The van der Waals surface area contributed by atoms with Crippen LogP contribution in [0.2, 0.25) is 0 Å². The first kappa shape index (κ1) is 12.7. The summed E-state index contributed by atoms with van der Waals surface area (Å²) >= 11 is 0. The van der Waals surface area contributed by atoms with Gasteiger partial charge in [0.05, 0.1) is 0 Å². The molecule has 0 unspecified atom stereocenters. The molecule has 0 saturated heterocycles. The summed E-state index contributed by atoms with van der Waals surface area (Å²) in [5.41, 5.74) is 2.62. The van der Waals surface area contributed by atoms with Gasteiger partial charge in [0, 0.05) is 0 Å². The van der Waals surface area contributed by atoms with Crippen LogP contribution in [0.3, 0.4) is 0 Å². The first-order valence-corrected chi connectivity index (χ1v) is 5.40. The lowest BCUT2D eigenvalue weighted by Crippen LogP contribution is -1.72. The highest BCUT2D eigenvalue weighted by Gasteiger charge is 1.98. The van der Waals surface area contributed by atoms with Crippen molar-refractivity contribution in [2.75, 3.05) is 0 Å². The fourth-order valence-corrected chi connectivity index (χ4v) is 1.13. The standard InChI is InChI=1S/C10H8.2C2H6/c1-2-6-9(5-1)10-7-3-4-8-10;2*1-2/h1-8H;2*1-2H3. The zero-order chi connectivity index (χ0) is 10.8. The van der Waals surface area contributed by atoms with E-state index in [1.165, 1.54) is 11.1 Å². The van der Waals surface area contributed by atoms with Crippen molar-refractivity contribution in [3.05, 3.63) is 59.8 Å². The van der Waals surface area contributed by atoms with Gasteiger partial charge in [-0.25, -0.2) is 0 Å². The second-order valence-electron chi connectivity index (χ2n) is 2.35. The average molecular weight is 188 g/mol. The van der Waals surface area contributed by atoms with Gasteiger partial charge in [-0.15, -0.1) is 0 Å². The maximum atomic E-state index is 2.12. The summed E-state index contributed by atoms with van der Waals surface area (Å²) in [6.07, 6.45) is 16.7. The number of hydrogen-bond donors (Lipinski definition) is 0. The van der Waals surface area contributed by atoms with Gasteiger partial charge in [0.1, 0.15) is 0 Å². The van der Waals surface area contributed by atoms with Crippen molar-refractivity contribution in [1.82, 2.24) is 0 Å². The molecular weight excluding hydrogens is 168 g/mol. The van der Waals surface area contributed by atoms with Crippen molar-refractivity contribution >= 4 is 0 Å². The van der Waals surface area contributed by atoms with Gasteiger partial charge in [0.25, 0.3) is 0 Å². The van der Waals surface area contributed by atoms with E-state index in [-0.39, 0.29) is 0 Å². The molecule has 0 N–H and O–H groups in total. The molecule has 0 aromatic heterocycles. The third-order valence-corrected chi connectivity index (χ3v) is 1.66. The van der Waals surface area contributed by atoms with E-state index in [4.69, 9.17) is 0 Å². The molecule has 14 heavy (non-hydrogen) atoms. The highest BCUT2D eigenvalue weighted by Crippen LogP contribution is 2.18. The quantitative estimate of drug-likeness (QED) is 0.521. The SMILES string of the molecule is C1=CC(=C2C=CC=C2)C=C1.CC.CC. The Kier molecular flexibility index (Phi) is 7.53. The molecule has 2 aliphatic rings. The van der Waals surface area contributed by atoms with Gasteiger partial charge in [0.15, 0.2) is 0 Å². The fourth-order valence-electron chi connectivity index (χ4n) is 1.13. The predicted octanol–water partition coefficient (Wildman–Crippen LogP) is 4.59. The maximum Gasteiger partial charge on any atom is -0.0184 e. The third kappa shape index (κ3) is 3.61. The lowest BCUT2D eigenvalue weighted by Gasteiger charge is -1.91. The Morgan fingerprint density at radius 2 is 0.714 bits per heavy atom. The van der Waals surface area contributed by atoms with Gasteiger partial charge in [-0.2, -0.15) is 0 Å². The van der Waals surface area contributed by atoms with Gasteiger partial charge >= 0.3 is 0 Å². The third-order valence-electron chi connectivity index (χ3n) is 1.66. The molecular formula is C14H20. The van der Waals surface area contributed by atoms with Crippen LogP contribution in [-0.2, 0) is 0 Å². The van der Waals surface area contributed by atoms with E-state index in [2.05, 4.69) is 48.6 Å². The van der Waals surface area contributed by atoms with E-state index in [0.29, 0.717) is 0 Å². The molecule has 0 aromatic rings. The van der Waals surface area contributed by atoms with Crippen molar-refractivity contribution in [3.63, 3.8) is 0 Å². The molecule has 0 atom stereocenters. The van der Waals surface area contributed by atoms with Crippen molar-refractivity contribution in [2.24, 2.45) is 0 Å². The summed E-state index contributed by atoms with van der Waals surface area (Å²) in [5.74, 6) is 0. The Hall–Kier alpha value is -1.30. The summed E-state index contributed by atoms with van der Waals surface area (Å²) in [4.78, 5) is 0. The molecule has 76 valence electrons. The molecule has 2 aliphatic carbocycles. The molecule has 0 bridgehead atoms. The lowest BCUT2D eigenvalue weighted by atomic mass is 10.1. The Balaban J connectivity index is 0.000000379. The molecule has 0 aliphatic heterocycles. The Morgan fingerprint density at radius 3 is 0.929 bits per heavy atom. The summed E-state index contributed by atoms with van der Waals surface area (Å²) in [7, 11) is 0. The van der Waals surface area contributed by atoms with Gasteiger partial charge in [-0.05, 0) is 11.1 Å². The molecule has 0 heteroatoms. The second-order valence-corrected chi connectivity index (χ2v) is 2.35. The van der Waals surface area contributed by atoms with Crippen molar-refractivity contribution in [3.8, 4) is 0 Å². The van der Waals surface area contributed by atoms with Gasteiger partial charge in [0.2, 0.25) is 0 Å². The summed E-state index contributed by atoms with van der Waals surface area (Å²) < 4.78 is 0. The Bertz CT molecular complexity index is 225. The molecule has 2 rings (SSSR count). The minimum Gasteiger partial charge on any atom is -0.0683 e. The minimum absolute atomic E-state index is 1.31. The molecule has 0 amide bonds. The van der Waals surface area contributed by atoms with Gasteiger partial charge < -0.3 is 0 Å². The highest BCUT2D eigenvalue weighted by atomic mass is 14.0. The molecule has 0 fully saturated rings. The van der Waals surface area contributed by atoms with Crippen molar-refractivity contribution in [1.29, 1.82) is 0 Å². The van der Waals surface area contributed by atoms with E-state index >= 15 is 0 Å². The molecule has 0 aromatic carbocycles. The molecule has 0 spiro atoms. The predicted molar refractivity (Wildman–Crippen MR) is 66.3 cm³/mol. The monoisotopic (exact) mass is 188 g/mol. The van der Waals surface area contributed by atoms with E-state index in [1.807, 2.05) is 27.7 Å². The van der Waals surface area contributed by atoms with Gasteiger partial charge in [-0.1, -0.05) is 76.3 Å². The minimum atomic E-state index is 1.31. The molecule has 0 nitrogen and oxygen atoms in total. The Morgan fingerprint density at radius 1 is 0.500 bits per heavy atom. The summed E-state index contributed by atoms with van der Waals surface area (Å²) in [6.45, 7) is 8.00. The zero-order valence-corrected chi connectivity index (χ0v) is 9.62. The van der Waals surface area contributed by atoms with Crippen LogP contribution in [0.15, 0.2) is 59.8 Å². The van der Waals surface area contributed by atoms with Crippen molar-refractivity contribution in [2.45, 2.75) is 27.7 Å². The van der Waals surface area contributed by atoms with Crippen LogP contribution in [0.5, 0.6) is 0 Å². The maximum absolute atomic E-state index is 2.12.